The molecule has 1 aromatic heterocycles. The lowest BCUT2D eigenvalue weighted by atomic mass is 10.0. The van der Waals surface area contributed by atoms with Gasteiger partial charge in [0.25, 0.3) is 0 Å². The van der Waals surface area contributed by atoms with E-state index < -0.39 is 5.91 Å². The minimum absolute atomic E-state index is 0.0326. The summed E-state index contributed by atoms with van der Waals surface area (Å²) < 4.78 is 3.19. The normalized spacial score (nSPS) is 11.3. The lowest BCUT2D eigenvalue weighted by Crippen LogP contribution is -2.11. The Kier molecular flexibility index (Phi) is 4.26. The Morgan fingerprint density at radius 2 is 1.85 bits per heavy atom. The van der Waals surface area contributed by atoms with E-state index in [-0.39, 0.29) is 6.61 Å². The third kappa shape index (κ3) is 2.69. The summed E-state index contributed by atoms with van der Waals surface area (Å²) in [5.41, 5.74) is 10.00. The highest BCUT2D eigenvalue weighted by molar-refractivity contribution is 9.10. The van der Waals surface area contributed by atoms with Gasteiger partial charge in [0.2, 0.25) is 5.91 Å². The third-order valence-corrected chi connectivity index (χ3v) is 5.46. The van der Waals surface area contributed by atoms with Crippen LogP contribution in [0.4, 0.5) is 0 Å². The number of nitrogens with zero attached hydrogens (tertiary/aromatic N) is 1. The first-order valence-electron chi connectivity index (χ1n) is 8.28. The van der Waals surface area contributed by atoms with Crippen LogP contribution in [0, 0.1) is 0 Å². The number of hydrogen-bond donors (Lipinski definition) is 2. The van der Waals surface area contributed by atoms with Gasteiger partial charge in [-0.1, -0.05) is 52.3 Å². The van der Waals surface area contributed by atoms with Crippen molar-refractivity contribution in [2.24, 2.45) is 5.73 Å². The van der Waals surface area contributed by atoms with Gasteiger partial charge in [0.05, 0.1) is 12.1 Å². The van der Waals surface area contributed by atoms with Crippen LogP contribution in [0.25, 0.3) is 21.8 Å². The number of nitrogens with two attached hydrogens (primary N) is 1. The first-order valence-corrected chi connectivity index (χ1v) is 9.07. The summed E-state index contributed by atoms with van der Waals surface area (Å²) in [5, 5.41) is 11.4. The minimum atomic E-state index is -0.443. The Balaban J connectivity index is 2.07. The summed E-state index contributed by atoms with van der Waals surface area (Å²) in [6.45, 7) is 0.605. The number of halogens is 1. The predicted molar refractivity (Wildman–Crippen MR) is 107 cm³/mol. The molecule has 0 saturated carbocycles. The highest BCUT2D eigenvalue weighted by Gasteiger charge is 2.17. The van der Waals surface area contributed by atoms with Crippen molar-refractivity contribution >= 4 is 43.6 Å². The lowest BCUT2D eigenvalue weighted by Gasteiger charge is -2.10. The monoisotopic (exact) mass is 408 g/mol. The molecule has 3 aromatic carbocycles. The SMILES string of the molecule is NC(=O)c1cccc2c1c1ccc(CO)cc1n2Cc1ccccc1Br. The van der Waals surface area contributed by atoms with E-state index in [1.165, 1.54) is 0 Å². The summed E-state index contributed by atoms with van der Waals surface area (Å²) in [6, 6.07) is 19.5. The van der Waals surface area contributed by atoms with E-state index in [9.17, 15) is 9.90 Å². The fraction of sp³-hybridized carbons (Fsp3) is 0.0952. The van der Waals surface area contributed by atoms with E-state index in [0.717, 1.165) is 37.4 Å². The van der Waals surface area contributed by atoms with Gasteiger partial charge in [0.1, 0.15) is 0 Å². The highest BCUT2D eigenvalue weighted by atomic mass is 79.9. The van der Waals surface area contributed by atoms with Crippen molar-refractivity contribution in [3.8, 4) is 0 Å². The third-order valence-electron chi connectivity index (χ3n) is 4.69. The van der Waals surface area contributed by atoms with Crippen LogP contribution in [-0.4, -0.2) is 15.6 Å². The number of carbonyl (C=O) groups excluding carboxylic acids is 1. The van der Waals surface area contributed by atoms with Crippen molar-refractivity contribution in [3.63, 3.8) is 0 Å². The van der Waals surface area contributed by atoms with E-state index >= 15 is 0 Å². The molecular weight excluding hydrogens is 392 g/mol. The highest BCUT2D eigenvalue weighted by Crippen LogP contribution is 2.33. The molecule has 130 valence electrons. The van der Waals surface area contributed by atoms with Crippen LogP contribution >= 0.6 is 15.9 Å². The van der Waals surface area contributed by atoms with Crippen LogP contribution in [0.3, 0.4) is 0 Å². The topological polar surface area (TPSA) is 68.2 Å². The number of amides is 1. The summed E-state index contributed by atoms with van der Waals surface area (Å²) in [6.07, 6.45) is 0. The molecule has 0 saturated heterocycles. The van der Waals surface area contributed by atoms with Gasteiger partial charge in [-0.25, -0.2) is 0 Å². The molecule has 0 fully saturated rings. The van der Waals surface area contributed by atoms with Gasteiger partial charge < -0.3 is 15.4 Å². The molecular formula is C21H17BrN2O2. The number of aromatic nitrogens is 1. The van der Waals surface area contributed by atoms with Gasteiger partial charge in [-0.05, 0) is 35.4 Å². The predicted octanol–water partition coefficient (Wildman–Crippen LogP) is 4.20. The number of rotatable bonds is 4. The maximum atomic E-state index is 12.0. The summed E-state index contributed by atoms with van der Waals surface area (Å²) in [5.74, 6) is -0.443. The van der Waals surface area contributed by atoms with Crippen molar-refractivity contribution in [1.82, 2.24) is 4.57 Å². The summed E-state index contributed by atoms with van der Waals surface area (Å²) in [4.78, 5) is 12.0. The Morgan fingerprint density at radius 3 is 2.58 bits per heavy atom. The van der Waals surface area contributed by atoms with Gasteiger partial charge in [0.15, 0.2) is 0 Å². The quantitative estimate of drug-likeness (QED) is 0.531. The van der Waals surface area contributed by atoms with E-state index in [1.54, 1.807) is 6.07 Å². The van der Waals surface area contributed by atoms with E-state index in [4.69, 9.17) is 5.73 Å². The molecule has 4 rings (SSSR count). The van der Waals surface area contributed by atoms with Gasteiger partial charge in [-0.3, -0.25) is 4.79 Å². The molecule has 3 N–H and O–H groups in total. The first-order chi connectivity index (χ1) is 12.6. The number of carbonyl (C=O) groups is 1. The number of aliphatic hydroxyl groups is 1. The molecule has 0 atom stereocenters. The zero-order valence-electron chi connectivity index (χ0n) is 13.9. The van der Waals surface area contributed by atoms with Gasteiger partial charge >= 0.3 is 0 Å². The molecule has 5 heteroatoms. The van der Waals surface area contributed by atoms with Crippen molar-refractivity contribution < 1.29 is 9.90 Å². The lowest BCUT2D eigenvalue weighted by molar-refractivity contribution is 0.100. The molecule has 0 bridgehead atoms. The van der Waals surface area contributed by atoms with Gasteiger partial charge in [0, 0.05) is 32.9 Å². The zero-order chi connectivity index (χ0) is 18.3. The Labute approximate surface area is 159 Å². The van der Waals surface area contributed by atoms with Crippen molar-refractivity contribution in [2.45, 2.75) is 13.2 Å². The molecule has 4 nitrogen and oxygen atoms in total. The van der Waals surface area contributed by atoms with Crippen LogP contribution in [0.2, 0.25) is 0 Å². The molecule has 26 heavy (non-hydrogen) atoms. The average molecular weight is 409 g/mol. The second-order valence-corrected chi connectivity index (χ2v) is 7.11. The maximum absolute atomic E-state index is 12.0. The number of benzene rings is 3. The molecule has 1 heterocycles. The van der Waals surface area contributed by atoms with Crippen molar-refractivity contribution in [3.05, 3.63) is 81.8 Å². The molecule has 0 aliphatic heterocycles. The zero-order valence-corrected chi connectivity index (χ0v) is 15.5. The minimum Gasteiger partial charge on any atom is -0.392 e. The molecule has 0 aliphatic carbocycles. The second kappa shape index (κ2) is 6.59. The van der Waals surface area contributed by atoms with E-state index in [0.29, 0.717) is 12.1 Å². The Bertz CT molecular complexity index is 1150. The molecule has 0 spiro atoms. The molecule has 4 aromatic rings. The summed E-state index contributed by atoms with van der Waals surface area (Å²) in [7, 11) is 0. The van der Waals surface area contributed by atoms with Crippen LogP contribution in [0.5, 0.6) is 0 Å². The van der Waals surface area contributed by atoms with Crippen LogP contribution in [-0.2, 0) is 13.2 Å². The summed E-state index contributed by atoms with van der Waals surface area (Å²) >= 11 is 3.61. The average Bonchev–Trinajstić information content (AvgIpc) is 2.96. The fourth-order valence-corrected chi connectivity index (χ4v) is 3.87. The van der Waals surface area contributed by atoms with Crippen molar-refractivity contribution in [1.29, 1.82) is 0 Å². The molecule has 1 amide bonds. The Hall–Kier alpha value is -2.63. The molecule has 0 radical (unpaired) electrons. The number of hydrogen-bond acceptors (Lipinski definition) is 2. The maximum Gasteiger partial charge on any atom is 0.249 e. The van der Waals surface area contributed by atoms with Gasteiger partial charge in [-0.2, -0.15) is 0 Å². The fourth-order valence-electron chi connectivity index (χ4n) is 3.46. The number of fused-ring (bicyclic) bond motifs is 3. The smallest absolute Gasteiger partial charge is 0.249 e. The van der Waals surface area contributed by atoms with Crippen LogP contribution in [0.15, 0.2) is 65.1 Å². The van der Waals surface area contributed by atoms with E-state index in [1.807, 2.05) is 48.5 Å². The first kappa shape index (κ1) is 16.8. The second-order valence-electron chi connectivity index (χ2n) is 6.25. The van der Waals surface area contributed by atoms with Gasteiger partial charge in [-0.15, -0.1) is 0 Å². The molecule has 0 aliphatic rings. The van der Waals surface area contributed by atoms with Crippen molar-refractivity contribution in [2.75, 3.05) is 0 Å². The standard InChI is InChI=1S/C21H17BrN2O2/c22-17-6-2-1-4-14(17)11-24-18-7-3-5-16(21(23)26)20(18)15-9-8-13(12-25)10-19(15)24/h1-10,25H,11-12H2,(H2,23,26). The Morgan fingerprint density at radius 1 is 1.04 bits per heavy atom. The van der Waals surface area contributed by atoms with Crippen LogP contribution < -0.4 is 5.73 Å². The van der Waals surface area contributed by atoms with E-state index in [2.05, 4.69) is 26.6 Å². The number of aliphatic hydroxyl groups excluding tert-OH is 1. The largest absolute Gasteiger partial charge is 0.392 e. The number of primary amides is 1. The van der Waals surface area contributed by atoms with Crippen LogP contribution in [0.1, 0.15) is 21.5 Å². The molecule has 0 unspecified atom stereocenters.